The minimum atomic E-state index is -1.53. The fourth-order valence-electron chi connectivity index (χ4n) is 2.62. The molecule has 0 saturated carbocycles. The maximum Gasteiger partial charge on any atom is 0.274 e. The molecule has 0 unspecified atom stereocenters. The summed E-state index contributed by atoms with van der Waals surface area (Å²) in [5.41, 5.74) is 1.12. The Morgan fingerprint density at radius 3 is 2.35 bits per heavy atom. The molecule has 0 radical (unpaired) electrons. The molecule has 2 aromatic rings. The number of nitrogens with one attached hydrogen (secondary N) is 1. The number of hydrogen-bond donors (Lipinski definition) is 1. The average molecular weight is 282 g/mol. The van der Waals surface area contributed by atoms with E-state index in [9.17, 15) is 18.0 Å². The highest BCUT2D eigenvalue weighted by molar-refractivity contribution is 5.35. The number of nitrogens with zero attached hydrogens (tertiary/aromatic N) is 1. The lowest BCUT2D eigenvalue weighted by Gasteiger charge is -2.04. The number of H-pyrrole nitrogens is 1. The lowest BCUT2D eigenvalue weighted by Crippen LogP contribution is -2.18. The number of benzene rings is 1. The number of hydrogen-bond acceptors (Lipinski definition) is 1. The average Bonchev–Trinajstić information content (AvgIpc) is 2.62. The summed E-state index contributed by atoms with van der Waals surface area (Å²) in [4.78, 5) is 12.3. The molecule has 3 rings (SSSR count). The summed E-state index contributed by atoms with van der Waals surface area (Å²) in [5.74, 6) is -4.15. The lowest BCUT2D eigenvalue weighted by atomic mass is 10.1. The molecule has 1 aromatic carbocycles. The molecular weight excluding hydrogens is 269 g/mol. The molecule has 0 amide bonds. The van der Waals surface area contributed by atoms with E-state index in [0.29, 0.717) is 12.0 Å². The minimum Gasteiger partial charge on any atom is -0.295 e. The minimum absolute atomic E-state index is 0.0283. The standard InChI is InChI=1S/C14H13F3N2O/c15-10-6-8(7-11(16)13(10)17)19-14(20)9-4-2-1-3-5-12(9)18-19/h6-7,18H,1-5H2. The normalized spacial score (nSPS) is 14.9. The van der Waals surface area contributed by atoms with E-state index >= 15 is 0 Å². The third kappa shape index (κ3) is 2.05. The van der Waals surface area contributed by atoms with Crippen LogP contribution in [-0.2, 0) is 12.8 Å². The lowest BCUT2D eigenvalue weighted by molar-refractivity contribution is 0.445. The SMILES string of the molecule is O=c1c2c([nH]n1-c1cc(F)c(F)c(F)c1)CCCCC2. The predicted molar refractivity (Wildman–Crippen MR) is 67.5 cm³/mol. The number of aromatic amines is 1. The van der Waals surface area contributed by atoms with Crippen molar-refractivity contribution in [3.63, 3.8) is 0 Å². The summed E-state index contributed by atoms with van der Waals surface area (Å²) < 4.78 is 40.6. The summed E-state index contributed by atoms with van der Waals surface area (Å²) in [6.07, 6.45) is 4.35. The van der Waals surface area contributed by atoms with Crippen LogP contribution in [0.4, 0.5) is 13.2 Å². The van der Waals surface area contributed by atoms with Gasteiger partial charge in [-0.3, -0.25) is 9.89 Å². The van der Waals surface area contributed by atoms with Gasteiger partial charge in [0.05, 0.1) is 5.69 Å². The first-order chi connectivity index (χ1) is 9.58. The first-order valence-corrected chi connectivity index (χ1v) is 6.55. The molecule has 1 aromatic heterocycles. The molecule has 1 aliphatic rings. The molecule has 0 fully saturated rings. The van der Waals surface area contributed by atoms with E-state index in [1.165, 1.54) is 0 Å². The zero-order valence-electron chi connectivity index (χ0n) is 10.7. The van der Waals surface area contributed by atoms with Gasteiger partial charge in [0.25, 0.3) is 5.56 Å². The van der Waals surface area contributed by atoms with E-state index in [4.69, 9.17) is 0 Å². The molecule has 0 aliphatic heterocycles. The number of fused-ring (bicyclic) bond motifs is 1. The van der Waals surface area contributed by atoms with E-state index in [-0.39, 0.29) is 11.2 Å². The molecule has 0 atom stereocenters. The van der Waals surface area contributed by atoms with Gasteiger partial charge in [-0.2, -0.15) is 0 Å². The van der Waals surface area contributed by atoms with Gasteiger partial charge in [0, 0.05) is 23.4 Å². The number of aryl methyl sites for hydroxylation is 1. The van der Waals surface area contributed by atoms with Crippen molar-refractivity contribution in [3.05, 3.63) is 51.2 Å². The molecule has 3 nitrogen and oxygen atoms in total. The van der Waals surface area contributed by atoms with Crippen LogP contribution in [0.2, 0.25) is 0 Å². The highest BCUT2D eigenvalue weighted by Gasteiger charge is 2.19. The van der Waals surface area contributed by atoms with E-state index in [1.807, 2.05) is 0 Å². The van der Waals surface area contributed by atoms with Crippen LogP contribution in [0.5, 0.6) is 0 Å². The van der Waals surface area contributed by atoms with Crippen molar-refractivity contribution in [2.24, 2.45) is 0 Å². The molecular formula is C14H13F3N2O. The fraction of sp³-hybridized carbons (Fsp3) is 0.357. The van der Waals surface area contributed by atoms with Crippen LogP contribution in [0, 0.1) is 17.5 Å². The molecule has 20 heavy (non-hydrogen) atoms. The fourth-order valence-corrected chi connectivity index (χ4v) is 2.62. The second-order valence-corrected chi connectivity index (χ2v) is 4.99. The molecule has 6 heteroatoms. The zero-order valence-corrected chi connectivity index (χ0v) is 10.7. The maximum absolute atomic E-state index is 13.3. The van der Waals surface area contributed by atoms with Gasteiger partial charge in [-0.1, -0.05) is 6.42 Å². The smallest absolute Gasteiger partial charge is 0.274 e. The molecule has 1 heterocycles. The van der Waals surface area contributed by atoms with E-state index in [0.717, 1.165) is 48.2 Å². The van der Waals surface area contributed by atoms with Gasteiger partial charge in [0.1, 0.15) is 0 Å². The van der Waals surface area contributed by atoms with Crippen LogP contribution < -0.4 is 5.56 Å². The van der Waals surface area contributed by atoms with Gasteiger partial charge < -0.3 is 0 Å². The first-order valence-electron chi connectivity index (χ1n) is 6.55. The second kappa shape index (κ2) is 4.85. The van der Waals surface area contributed by atoms with Crippen LogP contribution in [0.25, 0.3) is 5.69 Å². The third-order valence-electron chi connectivity index (χ3n) is 3.65. The predicted octanol–water partition coefficient (Wildman–Crippen LogP) is 2.85. The van der Waals surface area contributed by atoms with E-state index in [1.54, 1.807) is 0 Å². The topological polar surface area (TPSA) is 37.8 Å². The molecule has 1 N–H and O–H groups in total. The van der Waals surface area contributed by atoms with Crippen molar-refractivity contribution in [2.75, 3.05) is 0 Å². The Hall–Kier alpha value is -1.98. The van der Waals surface area contributed by atoms with Gasteiger partial charge in [0.15, 0.2) is 17.5 Å². The Morgan fingerprint density at radius 1 is 1.00 bits per heavy atom. The number of rotatable bonds is 1. The van der Waals surface area contributed by atoms with Crippen molar-refractivity contribution >= 4 is 0 Å². The van der Waals surface area contributed by atoms with Crippen molar-refractivity contribution in [1.82, 2.24) is 9.78 Å². The van der Waals surface area contributed by atoms with Gasteiger partial charge in [-0.15, -0.1) is 0 Å². The molecule has 0 spiro atoms. The quantitative estimate of drug-likeness (QED) is 0.634. The maximum atomic E-state index is 13.3. The third-order valence-corrected chi connectivity index (χ3v) is 3.65. The number of aromatic nitrogens is 2. The molecule has 106 valence electrons. The van der Waals surface area contributed by atoms with Crippen LogP contribution in [0.3, 0.4) is 0 Å². The van der Waals surface area contributed by atoms with E-state index < -0.39 is 17.5 Å². The van der Waals surface area contributed by atoms with Gasteiger partial charge in [-0.05, 0) is 25.7 Å². The monoisotopic (exact) mass is 282 g/mol. The summed E-state index contributed by atoms with van der Waals surface area (Å²) in [7, 11) is 0. The first kappa shape index (κ1) is 13.0. The Kier molecular flexibility index (Phi) is 3.16. The van der Waals surface area contributed by atoms with Crippen LogP contribution in [0.1, 0.15) is 30.5 Å². The van der Waals surface area contributed by atoms with Crippen molar-refractivity contribution < 1.29 is 13.2 Å². The summed E-state index contributed by atoms with van der Waals surface area (Å²) in [6.45, 7) is 0. The summed E-state index contributed by atoms with van der Waals surface area (Å²) in [5, 5.41) is 2.88. The van der Waals surface area contributed by atoms with Gasteiger partial charge in [0.2, 0.25) is 0 Å². The second-order valence-electron chi connectivity index (χ2n) is 4.99. The van der Waals surface area contributed by atoms with Crippen LogP contribution >= 0.6 is 0 Å². The zero-order chi connectivity index (χ0) is 14.3. The summed E-state index contributed by atoms with van der Waals surface area (Å²) >= 11 is 0. The molecule has 1 aliphatic carbocycles. The van der Waals surface area contributed by atoms with Crippen molar-refractivity contribution in [3.8, 4) is 5.69 Å². The van der Waals surface area contributed by atoms with Crippen LogP contribution in [-0.4, -0.2) is 9.78 Å². The summed E-state index contributed by atoms with van der Waals surface area (Å²) in [6, 6.07) is 1.63. The highest BCUT2D eigenvalue weighted by Crippen LogP contribution is 2.19. The number of halogens is 3. The highest BCUT2D eigenvalue weighted by atomic mass is 19.2. The molecule has 0 bridgehead atoms. The Bertz CT molecular complexity index is 695. The Labute approximate surface area is 113 Å². The van der Waals surface area contributed by atoms with Gasteiger partial charge in [-0.25, -0.2) is 17.9 Å². The van der Waals surface area contributed by atoms with Crippen LogP contribution in [0.15, 0.2) is 16.9 Å². The molecule has 0 saturated heterocycles. The van der Waals surface area contributed by atoms with E-state index in [2.05, 4.69) is 5.10 Å². The van der Waals surface area contributed by atoms with Crippen molar-refractivity contribution in [2.45, 2.75) is 32.1 Å². The van der Waals surface area contributed by atoms with Crippen molar-refractivity contribution in [1.29, 1.82) is 0 Å². The largest absolute Gasteiger partial charge is 0.295 e. The van der Waals surface area contributed by atoms with Gasteiger partial charge >= 0.3 is 0 Å². The Morgan fingerprint density at radius 2 is 1.65 bits per heavy atom. The Balaban J connectivity index is 2.14.